The van der Waals surface area contributed by atoms with Gasteiger partial charge in [0.1, 0.15) is 5.82 Å². The van der Waals surface area contributed by atoms with E-state index in [1.807, 2.05) is 116 Å². The molecule has 0 bridgehead atoms. The molecule has 0 radical (unpaired) electrons. The van der Waals surface area contributed by atoms with Crippen LogP contribution in [0.5, 0.6) is 0 Å². The molecule has 0 saturated heterocycles. The molecule has 4 N–H and O–H groups in total. The summed E-state index contributed by atoms with van der Waals surface area (Å²) in [5.41, 5.74) is 14.3. The summed E-state index contributed by atoms with van der Waals surface area (Å²) in [5, 5.41) is 12.8. The number of aromatic nitrogens is 2. The summed E-state index contributed by atoms with van der Waals surface area (Å²) < 4.78 is 2.17. The van der Waals surface area contributed by atoms with Gasteiger partial charge in [-0.3, -0.25) is 9.59 Å². The Hall–Kier alpha value is -5.51. The monoisotopic (exact) mass is 724 g/mol. The highest BCUT2D eigenvalue weighted by Crippen LogP contribution is 2.27. The van der Waals surface area contributed by atoms with Crippen molar-refractivity contribution in [1.29, 1.82) is 0 Å². The van der Waals surface area contributed by atoms with Gasteiger partial charge in [-0.1, -0.05) is 122 Å². The van der Waals surface area contributed by atoms with Crippen molar-refractivity contribution in [3.05, 3.63) is 161 Å². The lowest BCUT2D eigenvalue weighted by molar-refractivity contribution is -0.112. The summed E-state index contributed by atoms with van der Waals surface area (Å²) in [6.45, 7) is 4.63. The zero-order chi connectivity index (χ0) is 37.3. The predicted molar refractivity (Wildman–Crippen MR) is 213 cm³/mol. The number of fused-ring (bicyclic) bond motifs is 1. The second-order valence-corrected chi connectivity index (χ2v) is 14.4. The molecule has 53 heavy (non-hydrogen) atoms. The normalized spacial score (nSPS) is 12.4. The van der Waals surface area contributed by atoms with Crippen LogP contribution in [0, 0.1) is 6.92 Å². The first-order valence-electron chi connectivity index (χ1n) is 17.9. The van der Waals surface area contributed by atoms with Crippen LogP contribution in [0.4, 0.5) is 0 Å². The lowest BCUT2D eigenvalue weighted by Gasteiger charge is -2.20. The third kappa shape index (κ3) is 9.30. The molecule has 0 saturated carbocycles. The maximum Gasteiger partial charge on any atom is 0.336 e. The van der Waals surface area contributed by atoms with Gasteiger partial charge in [0.25, 0.3) is 5.91 Å². The third-order valence-corrected chi connectivity index (χ3v) is 10.5. The molecular weight excluding hydrogens is 681 g/mol. The highest BCUT2D eigenvalue weighted by Gasteiger charge is 2.22. The molecule has 9 heteroatoms. The zero-order valence-corrected chi connectivity index (χ0v) is 30.8. The number of hydrogen-bond donors (Lipinski definition) is 3. The van der Waals surface area contributed by atoms with Crippen LogP contribution in [0.15, 0.2) is 121 Å². The Kier molecular flexibility index (Phi) is 12.2. The highest BCUT2D eigenvalue weighted by atomic mass is 32.2. The van der Waals surface area contributed by atoms with Crippen molar-refractivity contribution in [1.82, 2.24) is 14.9 Å². The fraction of sp³-hybridized carbons (Fsp3) is 0.227. The molecule has 8 nitrogen and oxygen atoms in total. The number of nitrogens with two attached hydrogens (primary N) is 1. The highest BCUT2D eigenvalue weighted by molar-refractivity contribution is 8.13. The van der Waals surface area contributed by atoms with E-state index in [9.17, 15) is 19.5 Å². The quantitative estimate of drug-likeness (QED) is 0.0984. The van der Waals surface area contributed by atoms with Gasteiger partial charge in [0.2, 0.25) is 5.12 Å². The van der Waals surface area contributed by atoms with Crippen molar-refractivity contribution in [2.75, 3.05) is 5.75 Å². The van der Waals surface area contributed by atoms with Gasteiger partial charge in [-0.2, -0.15) is 0 Å². The Balaban J connectivity index is 1.23. The molecule has 2 atom stereocenters. The number of imidazole rings is 1. The van der Waals surface area contributed by atoms with Crippen molar-refractivity contribution in [2.24, 2.45) is 5.73 Å². The summed E-state index contributed by atoms with van der Waals surface area (Å²) in [4.78, 5) is 44.0. The molecule has 0 fully saturated rings. The van der Waals surface area contributed by atoms with Gasteiger partial charge < -0.3 is 20.7 Å². The summed E-state index contributed by atoms with van der Waals surface area (Å²) in [6.07, 6.45) is 2.70. The average Bonchev–Trinajstić information content (AvgIpc) is 3.51. The van der Waals surface area contributed by atoms with E-state index in [0.29, 0.717) is 36.3 Å². The fourth-order valence-corrected chi connectivity index (χ4v) is 7.48. The second kappa shape index (κ2) is 17.3. The van der Waals surface area contributed by atoms with Gasteiger partial charge >= 0.3 is 5.97 Å². The van der Waals surface area contributed by atoms with E-state index >= 15 is 0 Å². The maximum atomic E-state index is 14.0. The molecule has 0 aliphatic rings. The lowest BCUT2D eigenvalue weighted by Crippen LogP contribution is -2.39. The fourth-order valence-electron chi connectivity index (χ4n) is 6.62. The van der Waals surface area contributed by atoms with E-state index in [1.165, 1.54) is 11.8 Å². The number of carbonyl (C=O) groups excluding carboxylic acids is 2. The standard InChI is InChI=1S/C44H44N4O4S/c1-3-12-40-47-41-29(2)23-34(26-39(41)48(40)27-32-19-21-33(22-20-32)36-17-10-11-18-37(36)43(50)51)42(49)46-35(24-30-13-6-4-7-14-30)28-53-44(52)38(45)25-31-15-8-5-9-16-31/h4-11,13-23,26,35,38H,3,12,24-25,27-28,45H2,1-2H3,(H,46,49)(H,50,51)/t35-,38+/m1/s1. The van der Waals surface area contributed by atoms with Crippen molar-refractivity contribution >= 4 is 39.8 Å². The number of rotatable bonds is 15. The van der Waals surface area contributed by atoms with Crippen molar-refractivity contribution in [3.63, 3.8) is 0 Å². The van der Waals surface area contributed by atoms with Crippen molar-refractivity contribution < 1.29 is 19.5 Å². The number of hydrogen-bond acceptors (Lipinski definition) is 6. The molecule has 5 aromatic carbocycles. The Morgan fingerprint density at radius 2 is 1.47 bits per heavy atom. The number of carboxylic acids is 1. The molecule has 0 aliphatic carbocycles. The van der Waals surface area contributed by atoms with Crippen LogP contribution in [0.1, 0.15) is 62.1 Å². The summed E-state index contributed by atoms with van der Waals surface area (Å²) in [7, 11) is 0. The number of nitrogens with zero attached hydrogens (tertiary/aromatic N) is 2. The van der Waals surface area contributed by atoms with Gasteiger partial charge in [0.05, 0.1) is 22.6 Å². The van der Waals surface area contributed by atoms with Gasteiger partial charge in [-0.25, -0.2) is 9.78 Å². The van der Waals surface area contributed by atoms with E-state index in [2.05, 4.69) is 16.8 Å². The summed E-state index contributed by atoms with van der Waals surface area (Å²) >= 11 is 1.17. The van der Waals surface area contributed by atoms with Crippen molar-refractivity contribution in [3.8, 4) is 11.1 Å². The predicted octanol–water partition coefficient (Wildman–Crippen LogP) is 7.88. The first-order chi connectivity index (χ1) is 25.7. The number of aromatic carboxylic acids is 1. The Morgan fingerprint density at radius 3 is 2.13 bits per heavy atom. The van der Waals surface area contributed by atoms with Crippen LogP contribution in [0.2, 0.25) is 0 Å². The van der Waals surface area contributed by atoms with Gasteiger partial charge in [-0.05, 0) is 77.8 Å². The van der Waals surface area contributed by atoms with Crippen LogP contribution < -0.4 is 11.1 Å². The Labute approximate surface area is 314 Å². The molecule has 270 valence electrons. The van der Waals surface area contributed by atoms with Crippen molar-refractivity contribution in [2.45, 2.75) is 58.2 Å². The number of aryl methyl sites for hydroxylation is 2. The van der Waals surface area contributed by atoms with E-state index in [0.717, 1.165) is 57.5 Å². The van der Waals surface area contributed by atoms with Crippen LogP contribution in [-0.2, 0) is 30.6 Å². The summed E-state index contributed by atoms with van der Waals surface area (Å²) in [6, 6.07) is 37.4. The van der Waals surface area contributed by atoms with Crippen LogP contribution in [0.25, 0.3) is 22.2 Å². The number of carboxylic acid groups (broad SMARTS) is 1. The molecule has 6 aromatic rings. The molecule has 6 rings (SSSR count). The van der Waals surface area contributed by atoms with Crippen LogP contribution >= 0.6 is 11.8 Å². The minimum absolute atomic E-state index is 0.107. The smallest absolute Gasteiger partial charge is 0.336 e. The minimum Gasteiger partial charge on any atom is -0.478 e. The van der Waals surface area contributed by atoms with E-state index < -0.39 is 12.0 Å². The third-order valence-electron chi connectivity index (χ3n) is 9.31. The molecule has 0 spiro atoms. The summed E-state index contributed by atoms with van der Waals surface area (Å²) in [5.74, 6) is 0.140. The van der Waals surface area contributed by atoms with E-state index in [1.54, 1.807) is 12.1 Å². The first kappa shape index (κ1) is 37.3. The van der Waals surface area contributed by atoms with Crippen LogP contribution in [-0.4, -0.2) is 49.5 Å². The molecule has 0 aliphatic heterocycles. The first-order valence-corrected chi connectivity index (χ1v) is 18.9. The minimum atomic E-state index is -0.962. The Bertz CT molecular complexity index is 2200. The van der Waals surface area contributed by atoms with Crippen LogP contribution in [0.3, 0.4) is 0 Å². The number of thioether (sulfide) groups is 1. The lowest BCUT2D eigenvalue weighted by atomic mass is 9.98. The van der Waals surface area contributed by atoms with Gasteiger partial charge in [0, 0.05) is 30.3 Å². The molecule has 1 amide bonds. The number of carbonyl (C=O) groups is 3. The molecule has 1 heterocycles. The van der Waals surface area contributed by atoms with Gasteiger partial charge in [0.15, 0.2) is 0 Å². The number of nitrogens with one attached hydrogen (secondary N) is 1. The van der Waals surface area contributed by atoms with E-state index in [-0.39, 0.29) is 22.6 Å². The maximum absolute atomic E-state index is 14.0. The van der Waals surface area contributed by atoms with Gasteiger partial charge in [-0.15, -0.1) is 0 Å². The molecular formula is C44H44N4O4S. The molecule has 0 unspecified atom stereocenters. The van der Waals surface area contributed by atoms with E-state index in [4.69, 9.17) is 10.7 Å². The average molecular weight is 725 g/mol. The largest absolute Gasteiger partial charge is 0.478 e. The Morgan fingerprint density at radius 1 is 0.830 bits per heavy atom. The second-order valence-electron chi connectivity index (χ2n) is 13.4. The number of benzene rings is 5. The molecule has 1 aromatic heterocycles. The zero-order valence-electron chi connectivity index (χ0n) is 30.0. The number of amides is 1. The topological polar surface area (TPSA) is 127 Å². The SMILES string of the molecule is CCCc1nc2c(C)cc(C(=O)N[C@@H](CSC(=O)[C@@H](N)Cc3ccccc3)Cc3ccccc3)cc2n1Cc1ccc(-c2ccccc2C(=O)O)cc1.